The van der Waals surface area contributed by atoms with Crippen LogP contribution in [0.3, 0.4) is 0 Å². The number of hydrogen-bond donors (Lipinski definition) is 2. The molecular weight excluding hydrogens is 256 g/mol. The zero-order valence-corrected chi connectivity index (χ0v) is 9.21. The Bertz CT molecular complexity index is 436. The number of thiophene rings is 1. The summed E-state index contributed by atoms with van der Waals surface area (Å²) in [5.74, 6) is 0.277. The Kier molecular flexibility index (Phi) is 2.06. The number of hydrogen-bond acceptors (Lipinski definition) is 3. The summed E-state index contributed by atoms with van der Waals surface area (Å²) in [6, 6.07) is 5.73. The Labute approximate surface area is 87.6 Å². The average molecular weight is 261 g/mol. The maximum atomic E-state index is 9.54. The largest absolute Gasteiger partial charge is 0.505 e. The van der Waals surface area contributed by atoms with Crippen LogP contribution in [0.1, 0.15) is 0 Å². The van der Waals surface area contributed by atoms with Crippen LogP contribution in [0.2, 0.25) is 0 Å². The lowest BCUT2D eigenvalue weighted by molar-refractivity contribution is 0.473. The van der Waals surface area contributed by atoms with E-state index in [-0.39, 0.29) is 5.75 Å². The fourth-order valence-electron chi connectivity index (χ4n) is 1.06. The van der Waals surface area contributed by atoms with Gasteiger partial charge in [-0.2, -0.15) is 0 Å². The molecule has 0 amide bonds. The van der Waals surface area contributed by atoms with Gasteiger partial charge < -0.3 is 5.11 Å². The van der Waals surface area contributed by atoms with Gasteiger partial charge in [0.15, 0.2) is 0 Å². The van der Waals surface area contributed by atoms with Crippen LogP contribution in [-0.2, 0) is 0 Å². The summed E-state index contributed by atoms with van der Waals surface area (Å²) in [4.78, 5) is 0. The molecule has 0 unspecified atom stereocenters. The molecule has 1 aromatic heterocycles. The molecule has 62 valence electrons. The first-order valence-corrected chi connectivity index (χ1v) is 5.35. The van der Waals surface area contributed by atoms with E-state index in [9.17, 15) is 5.11 Å². The normalized spacial score (nSPS) is 10.8. The van der Waals surface area contributed by atoms with Crippen molar-refractivity contribution in [2.75, 3.05) is 0 Å². The van der Waals surface area contributed by atoms with E-state index in [0.29, 0.717) is 4.21 Å². The molecule has 1 nitrogen and oxygen atoms in total. The van der Waals surface area contributed by atoms with E-state index in [2.05, 4.69) is 28.6 Å². The van der Waals surface area contributed by atoms with Gasteiger partial charge in [-0.25, -0.2) is 0 Å². The van der Waals surface area contributed by atoms with Gasteiger partial charge in [-0.1, -0.05) is 6.07 Å². The Morgan fingerprint density at radius 2 is 2.17 bits per heavy atom. The first-order chi connectivity index (χ1) is 5.70. The van der Waals surface area contributed by atoms with E-state index in [0.717, 1.165) is 14.6 Å². The molecule has 2 aromatic rings. The number of rotatable bonds is 0. The van der Waals surface area contributed by atoms with Gasteiger partial charge in [-0.15, -0.1) is 24.0 Å². The van der Waals surface area contributed by atoms with Gasteiger partial charge in [0.25, 0.3) is 0 Å². The zero-order chi connectivity index (χ0) is 8.72. The van der Waals surface area contributed by atoms with E-state index in [1.807, 2.05) is 18.2 Å². The number of thiol groups is 1. The highest BCUT2D eigenvalue weighted by molar-refractivity contribution is 9.10. The molecule has 0 aliphatic heterocycles. The molecule has 1 heterocycles. The molecule has 0 atom stereocenters. The van der Waals surface area contributed by atoms with Crippen molar-refractivity contribution in [1.82, 2.24) is 0 Å². The quantitative estimate of drug-likeness (QED) is 0.693. The van der Waals surface area contributed by atoms with Gasteiger partial charge in [0.05, 0.1) is 8.91 Å². The number of aromatic hydroxyl groups is 1. The second kappa shape index (κ2) is 2.94. The van der Waals surface area contributed by atoms with Crippen LogP contribution in [0.5, 0.6) is 5.75 Å². The van der Waals surface area contributed by atoms with E-state index in [4.69, 9.17) is 0 Å². The molecule has 2 rings (SSSR count). The van der Waals surface area contributed by atoms with Crippen LogP contribution in [-0.4, -0.2) is 5.11 Å². The molecule has 0 radical (unpaired) electrons. The van der Waals surface area contributed by atoms with Gasteiger partial charge in [0.2, 0.25) is 0 Å². The standard InChI is InChI=1S/C8H5BrOS2/c9-5-3-1-2-4-6(10)8(11)12-7(4)5/h1-3,10-11H. The monoisotopic (exact) mass is 260 g/mol. The maximum Gasteiger partial charge on any atom is 0.147 e. The van der Waals surface area contributed by atoms with Crippen LogP contribution >= 0.6 is 39.9 Å². The third-order valence-corrected chi connectivity index (χ3v) is 4.06. The highest BCUT2D eigenvalue weighted by atomic mass is 79.9. The van der Waals surface area contributed by atoms with Crippen LogP contribution < -0.4 is 0 Å². The van der Waals surface area contributed by atoms with E-state index in [1.54, 1.807) is 0 Å². The predicted molar refractivity (Wildman–Crippen MR) is 58.4 cm³/mol. The van der Waals surface area contributed by atoms with Gasteiger partial charge in [-0.05, 0) is 28.1 Å². The van der Waals surface area contributed by atoms with E-state index in [1.165, 1.54) is 11.3 Å². The van der Waals surface area contributed by atoms with Gasteiger partial charge in [0.1, 0.15) is 5.75 Å². The zero-order valence-electron chi connectivity index (χ0n) is 5.91. The number of benzene rings is 1. The average Bonchev–Trinajstić information content (AvgIpc) is 2.32. The summed E-state index contributed by atoms with van der Waals surface area (Å²) in [5, 5.41) is 10.4. The van der Waals surface area contributed by atoms with Crippen molar-refractivity contribution in [3.8, 4) is 5.75 Å². The highest BCUT2D eigenvalue weighted by Crippen LogP contribution is 2.42. The summed E-state index contributed by atoms with van der Waals surface area (Å²) >= 11 is 9.03. The lowest BCUT2D eigenvalue weighted by Crippen LogP contribution is -1.64. The van der Waals surface area contributed by atoms with E-state index < -0.39 is 0 Å². The molecule has 0 spiro atoms. The topological polar surface area (TPSA) is 20.2 Å². The predicted octanol–water partition coefficient (Wildman–Crippen LogP) is 3.66. The van der Waals surface area contributed by atoms with Gasteiger partial charge in [-0.3, -0.25) is 0 Å². The van der Waals surface area contributed by atoms with Crippen molar-refractivity contribution in [2.45, 2.75) is 4.21 Å². The van der Waals surface area contributed by atoms with Crippen molar-refractivity contribution in [3.05, 3.63) is 22.7 Å². The van der Waals surface area contributed by atoms with Crippen LogP contribution in [0.15, 0.2) is 26.9 Å². The Morgan fingerprint density at radius 1 is 1.42 bits per heavy atom. The van der Waals surface area contributed by atoms with Crippen molar-refractivity contribution >= 4 is 50.0 Å². The minimum absolute atomic E-state index is 0.277. The second-order valence-corrected chi connectivity index (χ2v) is 5.00. The fraction of sp³-hybridized carbons (Fsp3) is 0. The molecule has 0 aliphatic rings. The molecule has 4 heteroatoms. The van der Waals surface area contributed by atoms with Crippen LogP contribution in [0.25, 0.3) is 10.1 Å². The Balaban J connectivity index is 2.95. The third kappa shape index (κ3) is 1.14. The summed E-state index contributed by atoms with van der Waals surface area (Å²) in [6.07, 6.45) is 0. The Hall–Kier alpha value is -0.190. The number of fused-ring (bicyclic) bond motifs is 1. The van der Waals surface area contributed by atoms with Crippen molar-refractivity contribution in [2.24, 2.45) is 0 Å². The molecule has 1 N–H and O–H groups in total. The molecule has 0 bridgehead atoms. The molecule has 0 fully saturated rings. The number of halogens is 1. The fourth-order valence-corrected chi connectivity index (χ4v) is 2.90. The second-order valence-electron chi connectivity index (χ2n) is 2.37. The summed E-state index contributed by atoms with van der Waals surface area (Å²) in [7, 11) is 0. The molecule has 0 saturated carbocycles. The molecule has 0 aliphatic carbocycles. The van der Waals surface area contributed by atoms with Crippen molar-refractivity contribution < 1.29 is 5.11 Å². The van der Waals surface area contributed by atoms with Crippen molar-refractivity contribution in [1.29, 1.82) is 0 Å². The smallest absolute Gasteiger partial charge is 0.147 e. The minimum atomic E-state index is 0.277. The van der Waals surface area contributed by atoms with E-state index >= 15 is 0 Å². The Morgan fingerprint density at radius 3 is 2.83 bits per heavy atom. The first-order valence-electron chi connectivity index (χ1n) is 3.29. The molecule has 0 saturated heterocycles. The SMILES string of the molecule is Oc1c(S)sc2c(Br)cccc12. The summed E-state index contributed by atoms with van der Waals surface area (Å²) < 4.78 is 2.71. The summed E-state index contributed by atoms with van der Waals surface area (Å²) in [6.45, 7) is 0. The van der Waals surface area contributed by atoms with Gasteiger partial charge in [0, 0.05) is 9.86 Å². The lowest BCUT2D eigenvalue weighted by Gasteiger charge is -1.91. The van der Waals surface area contributed by atoms with Crippen LogP contribution in [0.4, 0.5) is 0 Å². The van der Waals surface area contributed by atoms with Crippen LogP contribution in [0, 0.1) is 0 Å². The minimum Gasteiger partial charge on any atom is -0.505 e. The lowest BCUT2D eigenvalue weighted by atomic mass is 10.2. The molecular formula is C8H5BrOS2. The van der Waals surface area contributed by atoms with Crippen molar-refractivity contribution in [3.63, 3.8) is 0 Å². The van der Waals surface area contributed by atoms with Gasteiger partial charge >= 0.3 is 0 Å². The maximum absolute atomic E-state index is 9.54. The molecule has 12 heavy (non-hydrogen) atoms. The third-order valence-electron chi connectivity index (χ3n) is 1.62. The summed E-state index contributed by atoms with van der Waals surface area (Å²) in [5.41, 5.74) is 0. The first kappa shape index (κ1) is 8.41. The highest BCUT2D eigenvalue weighted by Gasteiger charge is 2.09. The molecule has 1 aromatic carbocycles.